The van der Waals surface area contributed by atoms with E-state index in [0.717, 1.165) is 18.4 Å². The third-order valence-corrected chi connectivity index (χ3v) is 4.23. The monoisotopic (exact) mass is 249 g/mol. The second-order valence-corrected chi connectivity index (χ2v) is 5.33. The average molecular weight is 249 g/mol. The zero-order valence-electron chi connectivity index (χ0n) is 11.3. The molecule has 1 aromatic rings. The van der Waals surface area contributed by atoms with Gasteiger partial charge < -0.3 is 4.90 Å². The van der Waals surface area contributed by atoms with Crippen LogP contribution in [0.4, 0.5) is 0 Å². The van der Waals surface area contributed by atoms with Crippen LogP contribution in [0.3, 0.4) is 0 Å². The number of hydrogen-bond donors (Lipinski definition) is 2. The summed E-state index contributed by atoms with van der Waals surface area (Å²) in [5.74, 6) is 5.83. The lowest BCUT2D eigenvalue weighted by Crippen LogP contribution is -2.56. The SMILES string of the molecule is CN(C)C1(C(NN)c2cncnc2)CCCCC1. The van der Waals surface area contributed by atoms with Crippen molar-refractivity contribution >= 4 is 0 Å². The van der Waals surface area contributed by atoms with Crippen molar-refractivity contribution in [2.24, 2.45) is 5.84 Å². The third-order valence-electron chi connectivity index (χ3n) is 4.23. The Morgan fingerprint density at radius 1 is 1.22 bits per heavy atom. The second kappa shape index (κ2) is 5.73. The Labute approximate surface area is 109 Å². The normalized spacial score (nSPS) is 20.9. The summed E-state index contributed by atoms with van der Waals surface area (Å²) < 4.78 is 0. The molecule has 1 saturated carbocycles. The van der Waals surface area contributed by atoms with Gasteiger partial charge in [-0.1, -0.05) is 19.3 Å². The van der Waals surface area contributed by atoms with Crippen molar-refractivity contribution in [1.29, 1.82) is 0 Å². The van der Waals surface area contributed by atoms with Gasteiger partial charge in [0.15, 0.2) is 0 Å². The van der Waals surface area contributed by atoms with Crippen LogP contribution >= 0.6 is 0 Å². The lowest BCUT2D eigenvalue weighted by atomic mass is 9.73. The molecule has 1 unspecified atom stereocenters. The first kappa shape index (κ1) is 13.4. The number of hydrogen-bond acceptors (Lipinski definition) is 5. The van der Waals surface area contributed by atoms with Crippen molar-refractivity contribution in [2.45, 2.75) is 43.7 Å². The highest BCUT2D eigenvalue weighted by Crippen LogP contribution is 2.41. The molecule has 1 aromatic heterocycles. The molecule has 100 valence electrons. The van der Waals surface area contributed by atoms with Gasteiger partial charge in [-0.3, -0.25) is 11.3 Å². The molecule has 0 saturated heterocycles. The summed E-state index contributed by atoms with van der Waals surface area (Å²) in [5, 5.41) is 0. The molecule has 1 heterocycles. The predicted molar refractivity (Wildman–Crippen MR) is 71.6 cm³/mol. The van der Waals surface area contributed by atoms with Crippen LogP contribution in [0.25, 0.3) is 0 Å². The van der Waals surface area contributed by atoms with Gasteiger partial charge in [-0.2, -0.15) is 0 Å². The number of likely N-dealkylation sites (N-methyl/N-ethyl adjacent to an activating group) is 1. The molecule has 0 spiro atoms. The van der Waals surface area contributed by atoms with E-state index in [4.69, 9.17) is 5.84 Å². The Morgan fingerprint density at radius 2 is 1.83 bits per heavy atom. The Kier molecular flexibility index (Phi) is 4.27. The van der Waals surface area contributed by atoms with Gasteiger partial charge in [0.1, 0.15) is 6.33 Å². The van der Waals surface area contributed by atoms with Crippen molar-refractivity contribution in [1.82, 2.24) is 20.3 Å². The molecule has 0 aromatic carbocycles. The first-order chi connectivity index (χ1) is 8.70. The molecule has 5 heteroatoms. The predicted octanol–water partition coefficient (Wildman–Crippen LogP) is 1.25. The molecule has 1 fully saturated rings. The van der Waals surface area contributed by atoms with E-state index in [1.807, 2.05) is 12.4 Å². The summed E-state index contributed by atoms with van der Waals surface area (Å²) >= 11 is 0. The van der Waals surface area contributed by atoms with Gasteiger partial charge in [0.25, 0.3) is 0 Å². The van der Waals surface area contributed by atoms with Crippen LogP contribution in [0.1, 0.15) is 43.7 Å². The molecule has 2 rings (SSSR count). The van der Waals surface area contributed by atoms with Crippen LogP contribution in [0.5, 0.6) is 0 Å². The quantitative estimate of drug-likeness (QED) is 0.621. The van der Waals surface area contributed by atoms with Gasteiger partial charge >= 0.3 is 0 Å². The van der Waals surface area contributed by atoms with Crippen molar-refractivity contribution in [3.05, 3.63) is 24.3 Å². The average Bonchev–Trinajstić information content (AvgIpc) is 2.41. The Morgan fingerprint density at radius 3 is 2.33 bits per heavy atom. The molecular formula is C13H23N5. The minimum absolute atomic E-state index is 0.0672. The van der Waals surface area contributed by atoms with Crippen molar-refractivity contribution in [3.8, 4) is 0 Å². The Bertz CT molecular complexity index is 359. The van der Waals surface area contributed by atoms with Crippen molar-refractivity contribution in [2.75, 3.05) is 14.1 Å². The minimum Gasteiger partial charge on any atom is -0.302 e. The summed E-state index contributed by atoms with van der Waals surface area (Å²) in [4.78, 5) is 10.5. The summed E-state index contributed by atoms with van der Waals surface area (Å²) in [5.41, 5.74) is 4.12. The molecule has 18 heavy (non-hydrogen) atoms. The zero-order valence-corrected chi connectivity index (χ0v) is 11.3. The summed E-state index contributed by atoms with van der Waals surface area (Å²) in [6, 6.07) is 0.0778. The topological polar surface area (TPSA) is 67.1 Å². The smallest absolute Gasteiger partial charge is 0.115 e. The Hall–Kier alpha value is -1.04. The third kappa shape index (κ3) is 2.39. The van der Waals surface area contributed by atoms with E-state index in [2.05, 4.69) is 34.4 Å². The first-order valence-electron chi connectivity index (χ1n) is 6.59. The van der Waals surface area contributed by atoms with E-state index < -0.39 is 0 Å². The van der Waals surface area contributed by atoms with Crippen LogP contribution < -0.4 is 11.3 Å². The van der Waals surface area contributed by atoms with E-state index >= 15 is 0 Å². The summed E-state index contributed by atoms with van der Waals surface area (Å²) in [6.45, 7) is 0. The highest BCUT2D eigenvalue weighted by molar-refractivity contribution is 5.17. The van der Waals surface area contributed by atoms with Crippen LogP contribution in [0, 0.1) is 0 Å². The van der Waals surface area contributed by atoms with E-state index in [9.17, 15) is 0 Å². The van der Waals surface area contributed by atoms with Gasteiger partial charge in [0.2, 0.25) is 0 Å². The van der Waals surface area contributed by atoms with Crippen LogP contribution in [0.2, 0.25) is 0 Å². The fourth-order valence-corrected chi connectivity index (χ4v) is 3.18. The highest BCUT2D eigenvalue weighted by atomic mass is 15.3. The van der Waals surface area contributed by atoms with Gasteiger partial charge in [-0.15, -0.1) is 0 Å². The molecule has 1 atom stereocenters. The molecule has 1 aliphatic carbocycles. The summed E-state index contributed by atoms with van der Waals surface area (Å²) in [7, 11) is 4.28. The molecule has 1 aliphatic rings. The zero-order chi connectivity index (χ0) is 13.0. The summed E-state index contributed by atoms with van der Waals surface area (Å²) in [6.07, 6.45) is 11.4. The maximum Gasteiger partial charge on any atom is 0.115 e. The largest absolute Gasteiger partial charge is 0.302 e. The van der Waals surface area contributed by atoms with Crippen molar-refractivity contribution in [3.63, 3.8) is 0 Å². The molecule has 0 aliphatic heterocycles. The maximum absolute atomic E-state index is 5.83. The number of hydrazine groups is 1. The number of nitrogens with one attached hydrogen (secondary N) is 1. The van der Waals surface area contributed by atoms with Gasteiger partial charge in [-0.25, -0.2) is 9.97 Å². The molecular weight excluding hydrogens is 226 g/mol. The van der Waals surface area contributed by atoms with Gasteiger partial charge in [-0.05, 0) is 26.9 Å². The second-order valence-electron chi connectivity index (χ2n) is 5.33. The minimum atomic E-state index is 0.0672. The van der Waals surface area contributed by atoms with E-state index in [1.165, 1.54) is 19.3 Å². The lowest BCUT2D eigenvalue weighted by Gasteiger charge is -2.48. The van der Waals surface area contributed by atoms with Crippen molar-refractivity contribution < 1.29 is 0 Å². The van der Waals surface area contributed by atoms with Crippen LogP contribution in [0.15, 0.2) is 18.7 Å². The van der Waals surface area contributed by atoms with Crippen LogP contribution in [-0.4, -0.2) is 34.5 Å². The molecule has 0 amide bonds. The number of nitrogens with zero attached hydrogens (tertiary/aromatic N) is 3. The lowest BCUT2D eigenvalue weighted by molar-refractivity contribution is 0.0561. The molecule has 5 nitrogen and oxygen atoms in total. The van der Waals surface area contributed by atoms with E-state index in [-0.39, 0.29) is 11.6 Å². The fourth-order valence-electron chi connectivity index (χ4n) is 3.18. The molecule has 0 bridgehead atoms. The van der Waals surface area contributed by atoms with E-state index in [0.29, 0.717) is 0 Å². The standard InChI is InChI=1S/C13H23N5/c1-18(2)13(6-4-3-5-7-13)12(17-14)11-8-15-10-16-9-11/h8-10,12,17H,3-7,14H2,1-2H3. The number of aromatic nitrogens is 2. The van der Waals surface area contributed by atoms with E-state index in [1.54, 1.807) is 6.33 Å². The first-order valence-corrected chi connectivity index (χ1v) is 6.59. The maximum atomic E-state index is 5.83. The fraction of sp³-hybridized carbons (Fsp3) is 0.692. The highest BCUT2D eigenvalue weighted by Gasteiger charge is 2.42. The van der Waals surface area contributed by atoms with Gasteiger partial charge in [0, 0.05) is 23.5 Å². The van der Waals surface area contributed by atoms with Gasteiger partial charge in [0.05, 0.1) is 6.04 Å². The molecule has 3 N–H and O–H groups in total. The number of nitrogens with two attached hydrogens (primary N) is 1. The van der Waals surface area contributed by atoms with Crippen LogP contribution in [-0.2, 0) is 0 Å². The Balaban J connectivity index is 2.33. The number of rotatable bonds is 4. The molecule has 0 radical (unpaired) electrons.